The SMILES string of the molecule is C=C1C(O)CC(=C/C=C2\CCCC3(C)[C@@H](C(C)/C=C/C(=O)C(C)(C)C(=O)CCCCCC)CC[C@@H]23)C[C@H]1O.C=C1CC/C(=C\C=C/CCC)C[C@H]1O. The second-order valence-electron chi connectivity index (χ2n) is 17.0. The average Bonchev–Trinajstić information content (AvgIpc) is 3.47. The van der Waals surface area contributed by atoms with Crippen LogP contribution in [0.3, 0.4) is 0 Å². The topological polar surface area (TPSA) is 94.8 Å². The van der Waals surface area contributed by atoms with Gasteiger partial charge in [-0.2, -0.15) is 0 Å². The molecule has 3 unspecified atom stereocenters. The Balaban J connectivity index is 0.000000435. The molecule has 7 atom stereocenters. The van der Waals surface area contributed by atoms with Gasteiger partial charge in [-0.1, -0.05) is 120 Å². The highest BCUT2D eigenvalue weighted by atomic mass is 16.3. The second kappa shape index (κ2) is 20.7. The summed E-state index contributed by atoms with van der Waals surface area (Å²) < 4.78 is 0. The van der Waals surface area contributed by atoms with E-state index in [1.165, 1.54) is 24.0 Å². The fourth-order valence-corrected chi connectivity index (χ4v) is 8.91. The molecule has 0 heterocycles. The Morgan fingerprint density at radius 3 is 2.23 bits per heavy atom. The molecule has 0 radical (unpaired) electrons. The third kappa shape index (κ3) is 12.0. The first-order chi connectivity index (χ1) is 24.6. The van der Waals surface area contributed by atoms with Crippen molar-refractivity contribution in [3.63, 3.8) is 0 Å². The van der Waals surface area contributed by atoms with Crippen LogP contribution in [0.5, 0.6) is 0 Å². The van der Waals surface area contributed by atoms with Crippen molar-refractivity contribution in [2.75, 3.05) is 0 Å². The van der Waals surface area contributed by atoms with Gasteiger partial charge in [0.15, 0.2) is 5.78 Å². The number of hydrogen-bond acceptors (Lipinski definition) is 5. The zero-order valence-electron chi connectivity index (χ0n) is 33.6. The molecule has 3 N–H and O–H groups in total. The van der Waals surface area contributed by atoms with E-state index in [4.69, 9.17) is 0 Å². The molecule has 0 aromatic heterocycles. The highest BCUT2D eigenvalue weighted by molar-refractivity contribution is 6.10. The van der Waals surface area contributed by atoms with Crippen LogP contribution in [0.4, 0.5) is 0 Å². The van der Waals surface area contributed by atoms with Crippen molar-refractivity contribution in [2.45, 2.75) is 169 Å². The molecule has 52 heavy (non-hydrogen) atoms. The van der Waals surface area contributed by atoms with Crippen LogP contribution in [-0.4, -0.2) is 45.2 Å². The van der Waals surface area contributed by atoms with Crippen LogP contribution in [0.15, 0.2) is 83.6 Å². The van der Waals surface area contributed by atoms with Crippen molar-refractivity contribution in [1.82, 2.24) is 0 Å². The molecule has 0 saturated heterocycles. The summed E-state index contributed by atoms with van der Waals surface area (Å²) in [6, 6.07) is 0. The van der Waals surface area contributed by atoms with Crippen LogP contribution < -0.4 is 0 Å². The Morgan fingerprint density at radius 1 is 0.885 bits per heavy atom. The lowest BCUT2D eigenvalue weighted by Gasteiger charge is -2.44. The Hall–Kier alpha value is -2.60. The molecule has 4 fully saturated rings. The average molecular weight is 717 g/mol. The van der Waals surface area contributed by atoms with Gasteiger partial charge in [0.1, 0.15) is 5.78 Å². The van der Waals surface area contributed by atoms with Crippen LogP contribution in [0.1, 0.15) is 151 Å². The second-order valence-corrected chi connectivity index (χ2v) is 17.0. The minimum absolute atomic E-state index is 0.0577. The molecule has 5 nitrogen and oxygen atoms in total. The van der Waals surface area contributed by atoms with E-state index in [1.54, 1.807) is 19.9 Å². The van der Waals surface area contributed by atoms with Crippen molar-refractivity contribution >= 4 is 11.6 Å². The summed E-state index contributed by atoms with van der Waals surface area (Å²) in [6.45, 7) is 20.2. The quantitative estimate of drug-likeness (QED) is 0.0720. The van der Waals surface area contributed by atoms with Gasteiger partial charge >= 0.3 is 0 Å². The summed E-state index contributed by atoms with van der Waals surface area (Å²) in [4.78, 5) is 25.8. The van der Waals surface area contributed by atoms with Crippen molar-refractivity contribution in [3.05, 3.63) is 83.6 Å². The predicted octanol–water partition coefficient (Wildman–Crippen LogP) is 10.8. The number of fused-ring (bicyclic) bond motifs is 1. The van der Waals surface area contributed by atoms with Crippen LogP contribution in [-0.2, 0) is 9.59 Å². The molecular formula is C47H72O5. The van der Waals surface area contributed by atoms with E-state index in [-0.39, 0.29) is 29.0 Å². The highest BCUT2D eigenvalue weighted by Crippen LogP contribution is 2.59. The standard InChI is InChI=1S/C34H52O4.C13H20O/c1-7-8-9-10-13-31(37)33(4,5)32(38)19-14-23(2)27-17-18-28-26(12-11-20-34(27,28)6)16-15-25-21-29(35)24(3)30(36)22-25;1-3-4-5-6-7-12-9-8-11(2)13(14)10-12/h14-16,19,23,27-30,35-36H,3,7-13,17-18,20-22H2,1-2,4-6H3;5-7,13-14H,2-4,8-10H2,1H3/b19-14+,25-15?,26-16+;6-5-,12-7+/t23?,27-,28+,29-,30?,34?;13-/m11/s1. The Kier molecular flexibility index (Phi) is 17.5. The molecular weight excluding hydrogens is 645 g/mol. The summed E-state index contributed by atoms with van der Waals surface area (Å²) in [6.07, 6.45) is 29.6. The lowest BCUT2D eigenvalue weighted by atomic mass is 9.61. The monoisotopic (exact) mass is 717 g/mol. The van der Waals surface area contributed by atoms with E-state index in [9.17, 15) is 24.9 Å². The van der Waals surface area contributed by atoms with Gasteiger partial charge in [-0.25, -0.2) is 0 Å². The van der Waals surface area contributed by atoms with E-state index in [1.807, 2.05) is 0 Å². The summed E-state index contributed by atoms with van der Waals surface area (Å²) in [5.74, 6) is 1.29. The summed E-state index contributed by atoms with van der Waals surface area (Å²) in [7, 11) is 0. The van der Waals surface area contributed by atoms with Gasteiger partial charge in [-0.15, -0.1) is 0 Å². The smallest absolute Gasteiger partial charge is 0.168 e. The molecule has 0 amide bonds. The minimum Gasteiger partial charge on any atom is -0.388 e. The minimum atomic E-state index is -0.953. The van der Waals surface area contributed by atoms with Crippen LogP contribution in [0.25, 0.3) is 0 Å². The van der Waals surface area contributed by atoms with Gasteiger partial charge in [0.05, 0.1) is 23.7 Å². The lowest BCUT2D eigenvalue weighted by Crippen LogP contribution is -2.36. The number of allylic oxidation sites excluding steroid dienone is 8. The predicted molar refractivity (Wildman–Crippen MR) is 217 cm³/mol. The number of ketones is 2. The molecule has 5 heteroatoms. The van der Waals surface area contributed by atoms with E-state index in [0.29, 0.717) is 36.7 Å². The molecule has 0 aromatic rings. The molecule has 0 aliphatic heterocycles. The maximum absolute atomic E-state index is 13.1. The van der Waals surface area contributed by atoms with Crippen LogP contribution in [0.2, 0.25) is 0 Å². The first kappa shape index (κ1) is 43.8. The number of aliphatic hydroxyl groups is 3. The van der Waals surface area contributed by atoms with E-state index >= 15 is 0 Å². The van der Waals surface area contributed by atoms with Gasteiger partial charge in [0.2, 0.25) is 0 Å². The summed E-state index contributed by atoms with van der Waals surface area (Å²) >= 11 is 0. The molecule has 4 aliphatic carbocycles. The lowest BCUT2D eigenvalue weighted by molar-refractivity contribution is -0.136. The van der Waals surface area contributed by atoms with E-state index in [2.05, 4.69) is 77.3 Å². The van der Waals surface area contributed by atoms with Crippen molar-refractivity contribution < 1.29 is 24.9 Å². The highest BCUT2D eigenvalue weighted by Gasteiger charge is 2.50. The van der Waals surface area contributed by atoms with Gasteiger partial charge in [0, 0.05) is 6.42 Å². The third-order valence-electron chi connectivity index (χ3n) is 12.7. The number of aliphatic hydroxyl groups excluding tert-OH is 3. The molecule has 290 valence electrons. The maximum Gasteiger partial charge on any atom is 0.168 e. The van der Waals surface area contributed by atoms with E-state index in [0.717, 1.165) is 88.2 Å². The first-order valence-corrected chi connectivity index (χ1v) is 20.5. The molecule has 4 aliphatic rings. The van der Waals surface area contributed by atoms with Crippen molar-refractivity contribution in [1.29, 1.82) is 0 Å². The Labute approximate surface area is 316 Å². The summed E-state index contributed by atoms with van der Waals surface area (Å²) in [5.41, 5.74) is 4.68. The van der Waals surface area contributed by atoms with Crippen molar-refractivity contribution in [2.24, 2.45) is 28.6 Å². The number of carbonyl (C=O) groups is 2. The number of rotatable bonds is 14. The Bertz CT molecular complexity index is 1370. The third-order valence-corrected chi connectivity index (χ3v) is 12.7. The van der Waals surface area contributed by atoms with Crippen molar-refractivity contribution in [3.8, 4) is 0 Å². The van der Waals surface area contributed by atoms with Crippen LogP contribution in [0, 0.1) is 28.6 Å². The molecule has 0 spiro atoms. The molecule has 4 rings (SSSR count). The van der Waals surface area contributed by atoms with Gasteiger partial charge in [-0.05, 0) is 131 Å². The fraction of sp³-hybridized carbons (Fsp3) is 0.660. The maximum atomic E-state index is 13.1. The molecule has 0 aromatic carbocycles. The zero-order chi connectivity index (χ0) is 38.5. The summed E-state index contributed by atoms with van der Waals surface area (Å²) in [5, 5.41) is 30.0. The molecule has 0 bridgehead atoms. The van der Waals surface area contributed by atoms with Gasteiger partial charge in [0.25, 0.3) is 0 Å². The number of carbonyl (C=O) groups excluding carboxylic acids is 2. The van der Waals surface area contributed by atoms with Gasteiger partial charge in [-0.3, -0.25) is 9.59 Å². The fourth-order valence-electron chi connectivity index (χ4n) is 8.91. The number of unbranched alkanes of at least 4 members (excludes halogenated alkanes) is 4. The number of hydrogen-bond donors (Lipinski definition) is 3. The first-order valence-electron chi connectivity index (χ1n) is 20.5. The van der Waals surface area contributed by atoms with Crippen LogP contribution >= 0.6 is 0 Å². The van der Waals surface area contributed by atoms with Gasteiger partial charge < -0.3 is 15.3 Å². The Morgan fingerprint density at radius 2 is 1.58 bits per heavy atom. The zero-order valence-corrected chi connectivity index (χ0v) is 33.6. The van der Waals surface area contributed by atoms with E-state index < -0.39 is 17.6 Å². The molecule has 4 saturated carbocycles. The number of Topliss-reactive ketones (excluding diaryl/α,β-unsaturated/α-hetero) is 1. The largest absolute Gasteiger partial charge is 0.388 e. The normalized spacial score (nSPS) is 31.3.